The quantitative estimate of drug-likeness (QED) is 0.516. The highest BCUT2D eigenvalue weighted by atomic mass is 32.2. The Kier molecular flexibility index (Phi) is 5.14. The molecule has 4 rings (SSSR count). The zero-order chi connectivity index (χ0) is 20.3. The molecule has 0 aliphatic carbocycles. The molecule has 0 aliphatic heterocycles. The van der Waals surface area contributed by atoms with Gasteiger partial charge in [-0.25, -0.2) is 8.42 Å². The number of aryl methyl sites for hydroxylation is 1. The van der Waals surface area contributed by atoms with Gasteiger partial charge in [-0.15, -0.1) is 10.2 Å². The number of aromatic nitrogens is 3. The molecule has 4 aromatic rings. The average Bonchev–Trinajstić information content (AvgIpc) is 3.23. The molecule has 0 bridgehead atoms. The van der Waals surface area contributed by atoms with Crippen LogP contribution in [0, 0.1) is 0 Å². The van der Waals surface area contributed by atoms with Crippen LogP contribution in [0.3, 0.4) is 0 Å². The number of benzene rings is 3. The molecule has 1 N–H and O–H groups in total. The minimum Gasteiger partial charge on any atom is -0.314 e. The van der Waals surface area contributed by atoms with Gasteiger partial charge in [-0.3, -0.25) is 4.72 Å². The summed E-state index contributed by atoms with van der Waals surface area (Å²) < 4.78 is 30.5. The van der Waals surface area contributed by atoms with Crippen molar-refractivity contribution in [3.05, 3.63) is 85.2 Å². The van der Waals surface area contributed by atoms with E-state index < -0.39 is 10.0 Å². The third kappa shape index (κ3) is 4.05. The summed E-state index contributed by atoms with van der Waals surface area (Å²) in [4.78, 5) is 0.209. The van der Waals surface area contributed by atoms with Gasteiger partial charge in [0.1, 0.15) is 6.33 Å². The van der Waals surface area contributed by atoms with Gasteiger partial charge in [0.15, 0.2) is 5.82 Å². The topological polar surface area (TPSA) is 76.9 Å². The van der Waals surface area contributed by atoms with Crippen LogP contribution in [0.5, 0.6) is 0 Å². The third-order valence-electron chi connectivity index (χ3n) is 4.58. The molecule has 1 aromatic heterocycles. The molecule has 3 aromatic carbocycles. The van der Waals surface area contributed by atoms with Crippen LogP contribution in [0.2, 0.25) is 0 Å². The van der Waals surface area contributed by atoms with Gasteiger partial charge >= 0.3 is 0 Å². The maximum absolute atomic E-state index is 13.0. The van der Waals surface area contributed by atoms with Crippen LogP contribution in [0.15, 0.2) is 90.1 Å². The summed E-state index contributed by atoms with van der Waals surface area (Å²) in [5.41, 5.74) is 3.07. The Morgan fingerprint density at radius 3 is 2.38 bits per heavy atom. The van der Waals surface area contributed by atoms with Crippen molar-refractivity contribution in [1.29, 1.82) is 0 Å². The molecule has 0 atom stereocenters. The van der Waals surface area contributed by atoms with Crippen molar-refractivity contribution in [1.82, 2.24) is 14.8 Å². The first kappa shape index (κ1) is 18.9. The first-order valence-electron chi connectivity index (χ1n) is 9.23. The van der Waals surface area contributed by atoms with Crippen LogP contribution in [0.4, 0.5) is 5.69 Å². The fraction of sp³-hybridized carbons (Fsp3) is 0.0909. The van der Waals surface area contributed by atoms with E-state index in [0.29, 0.717) is 11.5 Å². The van der Waals surface area contributed by atoms with Crippen LogP contribution in [-0.4, -0.2) is 23.2 Å². The van der Waals surface area contributed by atoms with Crippen LogP contribution >= 0.6 is 0 Å². The van der Waals surface area contributed by atoms with Crippen LogP contribution < -0.4 is 4.72 Å². The fourth-order valence-corrected chi connectivity index (χ4v) is 4.21. The second kappa shape index (κ2) is 7.89. The Balaban J connectivity index is 1.64. The summed E-state index contributed by atoms with van der Waals surface area (Å²) in [7, 11) is -3.74. The van der Waals surface area contributed by atoms with E-state index in [1.54, 1.807) is 42.7 Å². The lowest BCUT2D eigenvalue weighted by molar-refractivity contribution is 0.601. The predicted octanol–water partition coefficient (Wildman–Crippen LogP) is 4.43. The molecule has 0 aliphatic rings. The molecule has 0 fully saturated rings. The first-order chi connectivity index (χ1) is 14.1. The van der Waals surface area contributed by atoms with E-state index in [2.05, 4.69) is 14.9 Å². The number of anilines is 1. The Labute approximate surface area is 169 Å². The fourth-order valence-electron chi connectivity index (χ4n) is 3.12. The lowest BCUT2D eigenvalue weighted by atomic mass is 10.1. The van der Waals surface area contributed by atoms with Gasteiger partial charge < -0.3 is 4.57 Å². The molecule has 0 amide bonds. The second-order valence-corrected chi connectivity index (χ2v) is 8.20. The molecule has 146 valence electrons. The van der Waals surface area contributed by atoms with Crippen LogP contribution in [-0.2, 0) is 16.6 Å². The smallest absolute Gasteiger partial charge is 0.261 e. The highest BCUT2D eigenvalue weighted by Gasteiger charge is 2.16. The number of rotatable bonds is 6. The highest BCUT2D eigenvalue weighted by Crippen LogP contribution is 2.25. The second-order valence-electron chi connectivity index (χ2n) is 6.52. The third-order valence-corrected chi connectivity index (χ3v) is 5.96. The SMILES string of the molecule is CCn1cnnc1-c1cccc(NS(=O)(=O)c2cccc(-c3ccccc3)c2)c1. The summed E-state index contributed by atoms with van der Waals surface area (Å²) in [6.45, 7) is 2.73. The predicted molar refractivity (Wildman–Crippen MR) is 114 cm³/mol. The van der Waals surface area contributed by atoms with Gasteiger partial charge in [0.25, 0.3) is 10.0 Å². The van der Waals surface area contributed by atoms with Crippen molar-refractivity contribution in [3.63, 3.8) is 0 Å². The molecule has 1 heterocycles. The van der Waals surface area contributed by atoms with E-state index >= 15 is 0 Å². The van der Waals surface area contributed by atoms with Crippen molar-refractivity contribution in [2.24, 2.45) is 0 Å². The Bertz CT molecular complexity index is 1230. The average molecular weight is 404 g/mol. The minimum atomic E-state index is -3.74. The van der Waals surface area contributed by atoms with Crippen molar-refractivity contribution < 1.29 is 8.42 Å². The molecular formula is C22H20N4O2S. The van der Waals surface area contributed by atoms with E-state index in [1.165, 1.54) is 0 Å². The van der Waals surface area contributed by atoms with Crippen molar-refractivity contribution in [3.8, 4) is 22.5 Å². The number of nitrogens with zero attached hydrogens (tertiary/aromatic N) is 3. The number of hydrogen-bond acceptors (Lipinski definition) is 4. The molecule has 7 heteroatoms. The lowest BCUT2D eigenvalue weighted by Gasteiger charge is -2.11. The van der Waals surface area contributed by atoms with Gasteiger partial charge in [0.2, 0.25) is 0 Å². The van der Waals surface area contributed by atoms with Gasteiger partial charge in [-0.1, -0.05) is 54.6 Å². The summed E-state index contributed by atoms with van der Waals surface area (Å²) >= 11 is 0. The Morgan fingerprint density at radius 1 is 0.862 bits per heavy atom. The summed E-state index contributed by atoms with van der Waals surface area (Å²) in [6, 6.07) is 23.7. The van der Waals surface area contributed by atoms with Crippen molar-refractivity contribution in [2.75, 3.05) is 4.72 Å². The molecular weight excluding hydrogens is 384 g/mol. The maximum Gasteiger partial charge on any atom is 0.261 e. The molecule has 0 saturated carbocycles. The number of nitrogens with one attached hydrogen (secondary N) is 1. The van der Waals surface area contributed by atoms with E-state index in [1.807, 2.05) is 54.0 Å². The summed E-state index contributed by atoms with van der Waals surface area (Å²) in [6.07, 6.45) is 1.65. The van der Waals surface area contributed by atoms with E-state index in [-0.39, 0.29) is 4.90 Å². The molecule has 0 saturated heterocycles. The largest absolute Gasteiger partial charge is 0.314 e. The highest BCUT2D eigenvalue weighted by molar-refractivity contribution is 7.92. The Morgan fingerprint density at radius 2 is 1.59 bits per heavy atom. The van der Waals surface area contributed by atoms with Crippen LogP contribution in [0.25, 0.3) is 22.5 Å². The summed E-state index contributed by atoms with van der Waals surface area (Å²) in [5, 5.41) is 8.07. The monoisotopic (exact) mass is 404 g/mol. The zero-order valence-corrected chi connectivity index (χ0v) is 16.7. The lowest BCUT2D eigenvalue weighted by Crippen LogP contribution is -2.13. The van der Waals surface area contributed by atoms with Gasteiger partial charge in [-0.05, 0) is 42.3 Å². The number of hydrogen-bond donors (Lipinski definition) is 1. The number of sulfonamides is 1. The molecule has 0 spiro atoms. The normalized spacial score (nSPS) is 11.3. The van der Waals surface area contributed by atoms with Crippen molar-refractivity contribution in [2.45, 2.75) is 18.4 Å². The molecule has 0 unspecified atom stereocenters. The molecule has 29 heavy (non-hydrogen) atoms. The first-order valence-corrected chi connectivity index (χ1v) is 10.7. The maximum atomic E-state index is 13.0. The standard InChI is InChI=1S/C22H20N4O2S/c1-2-26-16-23-24-22(26)19-11-6-12-20(14-19)25-29(27,28)21-13-7-10-18(15-21)17-8-4-3-5-9-17/h3-16,25H,2H2,1H3. The van der Waals surface area contributed by atoms with Crippen LogP contribution in [0.1, 0.15) is 6.92 Å². The Hall–Kier alpha value is -3.45. The van der Waals surface area contributed by atoms with Crippen molar-refractivity contribution >= 4 is 15.7 Å². The van der Waals surface area contributed by atoms with E-state index in [0.717, 1.165) is 23.2 Å². The van der Waals surface area contributed by atoms with Gasteiger partial charge in [0.05, 0.1) is 4.90 Å². The van der Waals surface area contributed by atoms with Gasteiger partial charge in [-0.2, -0.15) is 0 Å². The minimum absolute atomic E-state index is 0.209. The molecule has 6 nitrogen and oxygen atoms in total. The van der Waals surface area contributed by atoms with E-state index in [4.69, 9.17) is 0 Å². The van der Waals surface area contributed by atoms with Gasteiger partial charge in [0, 0.05) is 17.8 Å². The molecule has 0 radical (unpaired) electrons. The van der Waals surface area contributed by atoms with E-state index in [9.17, 15) is 8.42 Å². The zero-order valence-electron chi connectivity index (χ0n) is 15.9. The summed E-state index contributed by atoms with van der Waals surface area (Å²) in [5.74, 6) is 0.694.